The van der Waals surface area contributed by atoms with Crippen LogP contribution in [0.3, 0.4) is 0 Å². The molecule has 0 aliphatic rings. The maximum absolute atomic E-state index is 13.3. The lowest BCUT2D eigenvalue weighted by molar-refractivity contribution is 0.0912. The van der Waals surface area contributed by atoms with Gasteiger partial charge in [0.25, 0.3) is 5.91 Å². The van der Waals surface area contributed by atoms with Crippen LogP contribution in [0.1, 0.15) is 29.2 Å². The van der Waals surface area contributed by atoms with Crippen molar-refractivity contribution in [3.63, 3.8) is 0 Å². The maximum Gasteiger partial charge on any atom is 0.263 e. The second-order valence-electron chi connectivity index (χ2n) is 6.97. The van der Waals surface area contributed by atoms with E-state index in [1.807, 2.05) is 62.4 Å². The van der Waals surface area contributed by atoms with Crippen LogP contribution in [-0.2, 0) is 5.54 Å². The number of rotatable bonds is 5. The van der Waals surface area contributed by atoms with E-state index in [0.29, 0.717) is 0 Å². The highest BCUT2D eigenvalue weighted by molar-refractivity contribution is 7.99. The van der Waals surface area contributed by atoms with E-state index in [0.717, 1.165) is 30.4 Å². The van der Waals surface area contributed by atoms with Crippen LogP contribution in [0.5, 0.6) is 0 Å². The van der Waals surface area contributed by atoms with E-state index in [2.05, 4.69) is 34.6 Å². The summed E-state index contributed by atoms with van der Waals surface area (Å²) in [5, 5.41) is 4.28. The quantitative estimate of drug-likeness (QED) is 0.436. The van der Waals surface area contributed by atoms with Gasteiger partial charge in [-0.05, 0) is 44.2 Å². The first-order valence-corrected chi connectivity index (χ1v) is 10.7. The third kappa shape index (κ3) is 3.81. The smallest absolute Gasteiger partial charge is 0.263 e. The fraction of sp³-hybridized carbons (Fsp3) is 0.130. The van der Waals surface area contributed by atoms with E-state index < -0.39 is 5.54 Å². The van der Waals surface area contributed by atoms with Crippen LogP contribution in [0.25, 0.3) is 10.1 Å². The average Bonchev–Trinajstić information content (AvgIpc) is 3.08. The number of pyridine rings is 1. The molecule has 0 aliphatic heterocycles. The molecular weight excluding hydrogens is 384 g/mol. The van der Waals surface area contributed by atoms with Gasteiger partial charge in [-0.2, -0.15) is 0 Å². The van der Waals surface area contributed by atoms with Crippen molar-refractivity contribution in [1.82, 2.24) is 10.3 Å². The number of amides is 1. The van der Waals surface area contributed by atoms with Crippen LogP contribution >= 0.6 is 23.1 Å². The molecule has 4 rings (SSSR count). The average molecular weight is 405 g/mol. The fourth-order valence-corrected chi connectivity index (χ4v) is 5.33. The molecule has 1 N–H and O–H groups in total. The van der Waals surface area contributed by atoms with Gasteiger partial charge in [-0.3, -0.25) is 9.78 Å². The van der Waals surface area contributed by atoms with Crippen LogP contribution in [0.15, 0.2) is 88.8 Å². The Kier molecular flexibility index (Phi) is 5.20. The van der Waals surface area contributed by atoms with Gasteiger partial charge in [0.05, 0.1) is 11.2 Å². The van der Waals surface area contributed by atoms with E-state index >= 15 is 0 Å². The molecule has 28 heavy (non-hydrogen) atoms. The summed E-state index contributed by atoms with van der Waals surface area (Å²) < 4.78 is 1.11. The van der Waals surface area contributed by atoms with Crippen molar-refractivity contribution in [2.24, 2.45) is 0 Å². The number of hydrogen-bond donors (Lipinski definition) is 1. The monoisotopic (exact) mass is 404 g/mol. The molecule has 1 amide bonds. The van der Waals surface area contributed by atoms with Gasteiger partial charge in [-0.25, -0.2) is 0 Å². The Hall–Kier alpha value is -2.63. The lowest BCUT2D eigenvalue weighted by Crippen LogP contribution is -2.41. The predicted molar refractivity (Wildman–Crippen MR) is 117 cm³/mol. The number of thiophene rings is 1. The summed E-state index contributed by atoms with van der Waals surface area (Å²) in [5.74, 6) is -0.0738. The highest BCUT2D eigenvalue weighted by Gasteiger charge is 2.27. The molecule has 5 heteroatoms. The molecule has 4 aromatic rings. The Morgan fingerprint density at radius 3 is 2.43 bits per heavy atom. The Labute approximate surface area is 172 Å². The summed E-state index contributed by atoms with van der Waals surface area (Å²) in [6.45, 7) is 3.95. The lowest BCUT2D eigenvalue weighted by atomic mass is 10.00. The number of benzene rings is 2. The van der Waals surface area contributed by atoms with Crippen molar-refractivity contribution >= 4 is 39.1 Å². The zero-order valence-corrected chi connectivity index (χ0v) is 17.3. The summed E-state index contributed by atoms with van der Waals surface area (Å²) in [6.07, 6.45) is 1.75. The highest BCUT2D eigenvalue weighted by Crippen LogP contribution is 2.41. The van der Waals surface area contributed by atoms with Gasteiger partial charge in [0, 0.05) is 26.1 Å². The Bertz CT molecular complexity index is 1110. The summed E-state index contributed by atoms with van der Waals surface area (Å²) in [7, 11) is 0. The van der Waals surface area contributed by atoms with Crippen molar-refractivity contribution in [3.05, 3.63) is 89.6 Å². The third-order valence-corrected chi connectivity index (χ3v) is 6.89. The maximum atomic E-state index is 13.3. The van der Waals surface area contributed by atoms with Gasteiger partial charge in [-0.1, -0.05) is 54.2 Å². The van der Waals surface area contributed by atoms with E-state index in [-0.39, 0.29) is 5.91 Å². The Morgan fingerprint density at radius 1 is 0.964 bits per heavy atom. The first-order chi connectivity index (χ1) is 13.5. The van der Waals surface area contributed by atoms with Crippen LogP contribution in [0.2, 0.25) is 0 Å². The van der Waals surface area contributed by atoms with E-state index in [1.165, 1.54) is 11.3 Å². The molecular formula is C23H20N2OS2. The predicted octanol–water partition coefficient (Wildman–Crippen LogP) is 6.11. The summed E-state index contributed by atoms with van der Waals surface area (Å²) in [4.78, 5) is 20.5. The summed E-state index contributed by atoms with van der Waals surface area (Å²) >= 11 is 3.17. The van der Waals surface area contributed by atoms with Gasteiger partial charge >= 0.3 is 0 Å². The third-order valence-electron chi connectivity index (χ3n) is 4.45. The second kappa shape index (κ2) is 7.78. The first kappa shape index (κ1) is 18.7. The van der Waals surface area contributed by atoms with Gasteiger partial charge in [0.15, 0.2) is 0 Å². The molecule has 0 atom stereocenters. The number of hydrogen-bond acceptors (Lipinski definition) is 4. The van der Waals surface area contributed by atoms with E-state index in [1.54, 1.807) is 18.0 Å². The van der Waals surface area contributed by atoms with Crippen LogP contribution in [-0.4, -0.2) is 10.9 Å². The largest absolute Gasteiger partial charge is 0.341 e. The van der Waals surface area contributed by atoms with Crippen molar-refractivity contribution in [2.45, 2.75) is 29.2 Å². The molecule has 0 saturated heterocycles. The standard InChI is InChI=1S/C23H20N2OS2/c1-23(2,19-14-8-9-15-24-19)25-22(26)21-20(27-16-10-4-3-5-11-16)17-12-6-7-13-18(17)28-21/h3-15H,1-2H3,(H,25,26). The molecule has 0 radical (unpaired) electrons. The molecule has 2 aromatic heterocycles. The number of carbonyl (C=O) groups excluding carboxylic acids is 1. The lowest BCUT2D eigenvalue weighted by Gasteiger charge is -2.25. The van der Waals surface area contributed by atoms with Gasteiger partial charge in [-0.15, -0.1) is 11.3 Å². The van der Waals surface area contributed by atoms with Gasteiger partial charge < -0.3 is 5.32 Å². The van der Waals surface area contributed by atoms with Crippen molar-refractivity contribution in [2.75, 3.05) is 0 Å². The van der Waals surface area contributed by atoms with E-state index in [9.17, 15) is 4.79 Å². The SMILES string of the molecule is CC(C)(NC(=O)c1sc2ccccc2c1Sc1ccccc1)c1ccccn1. The molecule has 2 heterocycles. The molecule has 3 nitrogen and oxygen atoms in total. The number of nitrogens with one attached hydrogen (secondary N) is 1. The fourth-order valence-electron chi connectivity index (χ4n) is 3.02. The topological polar surface area (TPSA) is 42.0 Å². The first-order valence-electron chi connectivity index (χ1n) is 9.03. The number of aromatic nitrogens is 1. The zero-order valence-electron chi connectivity index (χ0n) is 15.7. The van der Waals surface area contributed by atoms with Gasteiger partial charge in [0.2, 0.25) is 0 Å². The molecule has 2 aromatic carbocycles. The Morgan fingerprint density at radius 2 is 1.68 bits per heavy atom. The molecule has 0 bridgehead atoms. The normalized spacial score (nSPS) is 11.5. The van der Waals surface area contributed by atoms with Crippen molar-refractivity contribution in [1.29, 1.82) is 0 Å². The van der Waals surface area contributed by atoms with E-state index in [4.69, 9.17) is 0 Å². The molecule has 0 unspecified atom stereocenters. The summed E-state index contributed by atoms with van der Waals surface area (Å²) in [5.41, 5.74) is 0.269. The number of carbonyl (C=O) groups is 1. The minimum atomic E-state index is -0.566. The van der Waals surface area contributed by atoms with Gasteiger partial charge in [0.1, 0.15) is 4.88 Å². The minimum Gasteiger partial charge on any atom is -0.341 e. The molecule has 0 spiro atoms. The number of nitrogens with zero attached hydrogens (tertiary/aromatic N) is 1. The summed E-state index contributed by atoms with van der Waals surface area (Å²) in [6, 6.07) is 24.1. The number of fused-ring (bicyclic) bond motifs is 1. The molecule has 0 saturated carbocycles. The van der Waals surface area contributed by atoms with Crippen molar-refractivity contribution < 1.29 is 4.79 Å². The van der Waals surface area contributed by atoms with Crippen LogP contribution in [0, 0.1) is 0 Å². The van der Waals surface area contributed by atoms with Crippen molar-refractivity contribution in [3.8, 4) is 0 Å². The van der Waals surface area contributed by atoms with Crippen LogP contribution in [0.4, 0.5) is 0 Å². The Balaban J connectivity index is 1.71. The van der Waals surface area contributed by atoms with Crippen LogP contribution < -0.4 is 5.32 Å². The molecule has 0 aliphatic carbocycles. The highest BCUT2D eigenvalue weighted by atomic mass is 32.2. The molecule has 0 fully saturated rings. The second-order valence-corrected chi connectivity index (χ2v) is 9.10. The molecule has 140 valence electrons. The zero-order chi connectivity index (χ0) is 19.6. The minimum absolute atomic E-state index is 0.0738.